The molecule has 0 amide bonds. The van der Waals surface area contributed by atoms with E-state index < -0.39 is 27.9 Å². The number of nitrogens with zero attached hydrogens (tertiary/aromatic N) is 8. The maximum atomic E-state index is 5.87. The second kappa shape index (κ2) is 16.8. The first kappa shape index (κ1) is 41.6. The van der Waals surface area contributed by atoms with E-state index in [1.807, 2.05) is 97.1 Å². The van der Waals surface area contributed by atoms with Gasteiger partial charge in [-0.2, -0.15) is 20.5 Å². The van der Waals surface area contributed by atoms with Gasteiger partial charge in [0, 0.05) is 44.0 Å². The molecule has 0 N–H and O–H groups in total. The Kier molecular flexibility index (Phi) is 10.1. The number of hydrogen-bond acceptors (Lipinski definition) is 8. The second-order valence-electron chi connectivity index (χ2n) is 18.0. The Hall–Kier alpha value is -8.82. The summed E-state index contributed by atoms with van der Waals surface area (Å²) in [6, 6.07) is 83.1. The van der Waals surface area contributed by atoms with E-state index in [1.54, 1.807) is 0 Å². The highest BCUT2D eigenvalue weighted by Crippen LogP contribution is 2.71. The van der Waals surface area contributed by atoms with Gasteiger partial charge in [0.2, 0.25) is 0 Å². The molecular weight excluding hydrogens is 844 g/mol. The topological polar surface area (TPSA) is 98.9 Å². The van der Waals surface area contributed by atoms with Gasteiger partial charge in [0.25, 0.3) is 0 Å². The van der Waals surface area contributed by atoms with Crippen LogP contribution in [0.3, 0.4) is 0 Å². The van der Waals surface area contributed by atoms with Crippen LogP contribution in [0.15, 0.2) is 308 Å². The van der Waals surface area contributed by atoms with Crippen molar-refractivity contribution in [2.75, 3.05) is 0 Å². The van der Waals surface area contributed by atoms with Gasteiger partial charge in [-0.1, -0.05) is 289 Å². The molecule has 0 aromatic heterocycles. The largest absolute Gasteiger partial charge is 0.212 e. The minimum absolute atomic E-state index is 0.701. The van der Waals surface area contributed by atoms with Gasteiger partial charge < -0.3 is 0 Å². The van der Waals surface area contributed by atoms with Crippen molar-refractivity contribution in [3.05, 3.63) is 311 Å². The summed E-state index contributed by atoms with van der Waals surface area (Å²) in [5.41, 5.74) is 4.03. The summed E-state index contributed by atoms with van der Waals surface area (Å²) in [6.45, 7) is 0. The number of benzene rings is 8. The molecule has 4 aliphatic heterocycles. The molecule has 0 spiro atoms. The molecule has 69 heavy (non-hydrogen) atoms. The van der Waals surface area contributed by atoms with E-state index in [4.69, 9.17) is 40.9 Å². The fraction of sp³-hybridized carbons (Fsp3) is 0.0667. The quantitative estimate of drug-likeness (QED) is 0.109. The molecule has 0 aliphatic carbocycles. The van der Waals surface area contributed by atoms with Crippen molar-refractivity contribution in [2.45, 2.75) is 21.8 Å². The number of azo groups is 4. The molecule has 0 bridgehead atoms. The summed E-state index contributed by atoms with van der Waals surface area (Å²) in [5, 5.41) is 44.9. The molecule has 0 saturated heterocycles. The third kappa shape index (κ3) is 6.31. The maximum Gasteiger partial charge on any atom is 0.167 e. The van der Waals surface area contributed by atoms with Gasteiger partial charge in [-0.25, -0.2) is 20.5 Å². The van der Waals surface area contributed by atoms with Crippen molar-refractivity contribution in [1.82, 2.24) is 0 Å². The van der Waals surface area contributed by atoms with Crippen LogP contribution in [0.1, 0.15) is 44.5 Å². The summed E-state index contributed by atoms with van der Waals surface area (Å²) in [5.74, 6) is 0. The molecule has 0 radical (unpaired) electrons. The highest BCUT2D eigenvalue weighted by atomic mass is 15.3. The maximum absolute atomic E-state index is 5.87. The Morgan fingerprint density at radius 2 is 0.391 bits per heavy atom. The van der Waals surface area contributed by atoms with Crippen molar-refractivity contribution < 1.29 is 0 Å². The lowest BCUT2D eigenvalue weighted by Crippen LogP contribution is -2.83. The van der Waals surface area contributed by atoms with Gasteiger partial charge in [-0.05, 0) is 0 Å². The SMILES string of the molecule is C1=C(c2ccccc2)N=NC1(c1ccccc1)[B-](C1(c2ccccc2)C=C(c2ccccc2)N=N1)(C1(c2ccccc2)C=C(c2ccccc2)N=N1)C1(c2ccccc2)C=C(c2ccccc2)N=N1. The molecule has 4 unspecified atom stereocenters. The standard InChI is InChI=1S/C60H44BN8/c1-9-25-45(26-10-1)53-41-57(66-62-53,49-33-17-5-18-34-49)61(58(50-35-19-6-20-36-50)42-54(63-67-58)46-27-11-2-12-28-46,59(51-37-21-7-22-38-51)43-55(64-68-59)47-29-13-3-14-30-47)60(52-39-23-8-24-40-52)44-56(65-69-60)48-31-15-4-16-32-48/h1-44H/q-1. The zero-order valence-electron chi connectivity index (χ0n) is 37.6. The van der Waals surface area contributed by atoms with Crippen molar-refractivity contribution in [1.29, 1.82) is 0 Å². The van der Waals surface area contributed by atoms with Crippen LogP contribution in [0.2, 0.25) is 0 Å². The lowest BCUT2D eigenvalue weighted by Gasteiger charge is -2.69. The van der Waals surface area contributed by atoms with Crippen LogP contribution in [-0.4, -0.2) is 6.15 Å². The van der Waals surface area contributed by atoms with Crippen LogP contribution in [-0.2, 0) is 21.8 Å². The molecule has 12 rings (SSSR count). The fourth-order valence-electron chi connectivity index (χ4n) is 11.9. The summed E-state index contributed by atoms with van der Waals surface area (Å²) >= 11 is 0. The predicted molar refractivity (Wildman–Crippen MR) is 275 cm³/mol. The Labute approximate surface area is 401 Å². The van der Waals surface area contributed by atoms with Gasteiger partial charge in [0.1, 0.15) is 0 Å². The van der Waals surface area contributed by atoms with Crippen LogP contribution < -0.4 is 0 Å². The molecule has 4 aliphatic rings. The average molecular weight is 888 g/mol. The molecule has 4 heterocycles. The lowest BCUT2D eigenvalue weighted by molar-refractivity contribution is 0.492. The monoisotopic (exact) mass is 887 g/mol. The van der Waals surface area contributed by atoms with Gasteiger partial charge in [-0.3, -0.25) is 0 Å². The predicted octanol–water partition coefficient (Wildman–Crippen LogP) is 15.2. The summed E-state index contributed by atoms with van der Waals surface area (Å²) in [4.78, 5) is 0. The first-order valence-electron chi connectivity index (χ1n) is 23.3. The van der Waals surface area contributed by atoms with Gasteiger partial charge >= 0.3 is 0 Å². The van der Waals surface area contributed by atoms with Gasteiger partial charge in [0.15, 0.2) is 6.15 Å². The molecule has 0 fully saturated rings. The molecule has 0 saturated carbocycles. The zero-order chi connectivity index (χ0) is 46.2. The van der Waals surface area contributed by atoms with Crippen LogP contribution in [0.4, 0.5) is 0 Å². The smallest absolute Gasteiger partial charge is 0.167 e. The number of hydrogen-bond donors (Lipinski definition) is 0. The molecule has 8 nitrogen and oxygen atoms in total. The zero-order valence-corrected chi connectivity index (χ0v) is 37.6. The van der Waals surface area contributed by atoms with Crippen LogP contribution in [0, 0.1) is 0 Å². The normalized spacial score (nSPS) is 24.1. The first-order valence-corrected chi connectivity index (χ1v) is 23.3. The molecule has 4 atom stereocenters. The third-order valence-corrected chi connectivity index (χ3v) is 14.6. The minimum atomic E-state index is -3.03. The van der Waals surface area contributed by atoms with Gasteiger partial charge in [0.05, 0.1) is 22.8 Å². The van der Waals surface area contributed by atoms with E-state index in [2.05, 4.69) is 170 Å². The molecule has 328 valence electrons. The van der Waals surface area contributed by atoms with Gasteiger partial charge in [-0.15, -0.1) is 0 Å². The van der Waals surface area contributed by atoms with Crippen LogP contribution in [0.25, 0.3) is 22.8 Å². The van der Waals surface area contributed by atoms with Crippen molar-refractivity contribution in [3.8, 4) is 0 Å². The third-order valence-electron chi connectivity index (χ3n) is 14.6. The first-order chi connectivity index (χ1) is 34.1. The van der Waals surface area contributed by atoms with E-state index in [9.17, 15) is 0 Å². The second-order valence-corrected chi connectivity index (χ2v) is 18.0. The van der Waals surface area contributed by atoms with E-state index in [0.29, 0.717) is 22.8 Å². The highest BCUT2D eigenvalue weighted by Gasteiger charge is 2.78. The van der Waals surface area contributed by atoms with E-state index in [-0.39, 0.29) is 0 Å². The molecule has 8 aromatic carbocycles. The summed E-state index contributed by atoms with van der Waals surface area (Å²) in [6.07, 6.45) is 6.01. The van der Waals surface area contributed by atoms with Crippen molar-refractivity contribution in [2.24, 2.45) is 40.9 Å². The average Bonchev–Trinajstić information content (AvgIpc) is 4.29. The van der Waals surface area contributed by atoms with E-state index in [0.717, 1.165) is 44.5 Å². The highest BCUT2D eigenvalue weighted by molar-refractivity contribution is 6.92. The molecule has 9 heteroatoms. The Morgan fingerprint density at radius 1 is 0.217 bits per heavy atom. The molecule has 8 aromatic rings. The van der Waals surface area contributed by atoms with Crippen molar-refractivity contribution in [3.63, 3.8) is 0 Å². The summed E-state index contributed by atoms with van der Waals surface area (Å²) < 4.78 is 0. The van der Waals surface area contributed by atoms with E-state index in [1.165, 1.54) is 0 Å². The Balaban J connectivity index is 1.39. The fourth-order valence-corrected chi connectivity index (χ4v) is 11.9. The summed E-state index contributed by atoms with van der Waals surface area (Å²) in [7, 11) is 0. The van der Waals surface area contributed by atoms with Crippen LogP contribution in [0.5, 0.6) is 0 Å². The molecular formula is C60H44BN8-. The lowest BCUT2D eigenvalue weighted by atomic mass is 8.94. The number of rotatable bonds is 12. The van der Waals surface area contributed by atoms with Crippen LogP contribution >= 0.6 is 0 Å². The Morgan fingerprint density at radius 3 is 0.580 bits per heavy atom. The van der Waals surface area contributed by atoms with E-state index >= 15 is 0 Å². The minimum Gasteiger partial charge on any atom is -0.212 e. The van der Waals surface area contributed by atoms with Crippen molar-refractivity contribution >= 4 is 28.9 Å². The Bertz CT molecular complexity index is 2950.